The van der Waals surface area contributed by atoms with E-state index in [1.54, 1.807) is 18.3 Å². The molecule has 0 unspecified atom stereocenters. The van der Waals surface area contributed by atoms with Crippen LogP contribution < -0.4 is 11.1 Å². The maximum Gasteiger partial charge on any atom is 0.224 e. The summed E-state index contributed by atoms with van der Waals surface area (Å²) in [5, 5.41) is 2.82. The predicted molar refractivity (Wildman–Crippen MR) is 72.7 cm³/mol. The van der Waals surface area contributed by atoms with Crippen LogP contribution >= 0.6 is 12.4 Å². The molecule has 5 nitrogen and oxygen atoms in total. The van der Waals surface area contributed by atoms with Gasteiger partial charge in [-0.1, -0.05) is 0 Å². The fourth-order valence-corrected chi connectivity index (χ4v) is 1.90. The molecule has 2 rings (SSSR count). The Balaban J connectivity index is 0.00000162. The number of hydrogen-bond donors (Lipinski definition) is 2. The second-order valence-electron chi connectivity index (χ2n) is 4.28. The van der Waals surface area contributed by atoms with Crippen molar-refractivity contribution in [3.63, 3.8) is 0 Å². The molecule has 1 aliphatic rings. The molecule has 0 radical (unpaired) electrons. The number of pyridine rings is 1. The number of nitrogens with one attached hydrogen (secondary N) is 1. The van der Waals surface area contributed by atoms with Crippen LogP contribution in [-0.2, 0) is 9.53 Å². The number of amides is 1. The summed E-state index contributed by atoms with van der Waals surface area (Å²) >= 11 is 0. The van der Waals surface area contributed by atoms with Crippen molar-refractivity contribution < 1.29 is 9.53 Å². The summed E-state index contributed by atoms with van der Waals surface area (Å²) in [6.45, 7) is 1.53. The van der Waals surface area contributed by atoms with Gasteiger partial charge in [0.25, 0.3) is 0 Å². The van der Waals surface area contributed by atoms with E-state index in [0.717, 1.165) is 26.1 Å². The second kappa shape index (κ2) is 7.18. The van der Waals surface area contributed by atoms with Crippen LogP contribution in [0.4, 0.5) is 11.5 Å². The Hall–Kier alpha value is -1.33. The molecule has 0 aliphatic carbocycles. The van der Waals surface area contributed by atoms with Crippen LogP contribution in [0.1, 0.15) is 19.3 Å². The lowest BCUT2D eigenvalue weighted by molar-refractivity contribution is -0.117. The van der Waals surface area contributed by atoms with Crippen molar-refractivity contribution in [2.75, 3.05) is 24.3 Å². The first kappa shape index (κ1) is 14.7. The second-order valence-corrected chi connectivity index (χ2v) is 4.28. The van der Waals surface area contributed by atoms with Crippen LogP contribution in [0.5, 0.6) is 0 Å². The first-order valence-electron chi connectivity index (χ1n) is 5.83. The van der Waals surface area contributed by atoms with Crippen LogP contribution in [0, 0.1) is 5.92 Å². The Morgan fingerprint density at radius 1 is 1.44 bits per heavy atom. The van der Waals surface area contributed by atoms with E-state index in [2.05, 4.69) is 10.3 Å². The molecule has 1 aromatic rings. The zero-order valence-electron chi connectivity index (χ0n) is 10.1. The lowest BCUT2D eigenvalue weighted by atomic mass is 9.96. The summed E-state index contributed by atoms with van der Waals surface area (Å²) in [4.78, 5) is 15.7. The lowest BCUT2D eigenvalue weighted by Crippen LogP contribution is -2.22. The number of ether oxygens (including phenoxy) is 1. The quantitative estimate of drug-likeness (QED) is 0.879. The van der Waals surface area contributed by atoms with Crippen LogP contribution in [0.15, 0.2) is 18.3 Å². The van der Waals surface area contributed by atoms with E-state index in [4.69, 9.17) is 10.5 Å². The minimum Gasteiger partial charge on any atom is -0.384 e. The largest absolute Gasteiger partial charge is 0.384 e. The number of nitrogen functional groups attached to an aromatic ring is 1. The van der Waals surface area contributed by atoms with Gasteiger partial charge in [0.2, 0.25) is 5.91 Å². The van der Waals surface area contributed by atoms with Gasteiger partial charge in [0.1, 0.15) is 5.82 Å². The molecule has 2 heterocycles. The highest BCUT2D eigenvalue weighted by atomic mass is 35.5. The van der Waals surface area contributed by atoms with E-state index in [9.17, 15) is 4.79 Å². The average molecular weight is 272 g/mol. The normalized spacial score (nSPS) is 15.8. The molecule has 0 saturated carbocycles. The molecule has 1 saturated heterocycles. The van der Waals surface area contributed by atoms with Crippen molar-refractivity contribution in [3.05, 3.63) is 18.3 Å². The van der Waals surface area contributed by atoms with Gasteiger partial charge in [-0.05, 0) is 30.9 Å². The van der Waals surface area contributed by atoms with Crippen molar-refractivity contribution in [1.29, 1.82) is 0 Å². The summed E-state index contributed by atoms with van der Waals surface area (Å²) in [7, 11) is 0. The Labute approximate surface area is 113 Å². The number of halogens is 1. The number of aromatic nitrogens is 1. The third-order valence-corrected chi connectivity index (χ3v) is 2.89. The van der Waals surface area contributed by atoms with Gasteiger partial charge < -0.3 is 15.8 Å². The lowest BCUT2D eigenvalue weighted by Gasteiger charge is -2.21. The number of anilines is 2. The van der Waals surface area contributed by atoms with Gasteiger partial charge >= 0.3 is 0 Å². The minimum atomic E-state index is 0. The summed E-state index contributed by atoms with van der Waals surface area (Å²) in [6, 6.07) is 3.42. The Kier molecular flexibility index (Phi) is 5.88. The van der Waals surface area contributed by atoms with E-state index in [1.165, 1.54) is 0 Å². The first-order chi connectivity index (χ1) is 8.24. The van der Waals surface area contributed by atoms with E-state index >= 15 is 0 Å². The zero-order chi connectivity index (χ0) is 12.1. The average Bonchev–Trinajstić information content (AvgIpc) is 2.33. The molecule has 0 atom stereocenters. The van der Waals surface area contributed by atoms with Gasteiger partial charge in [-0.25, -0.2) is 4.98 Å². The number of nitrogens with zero attached hydrogens (tertiary/aromatic N) is 1. The van der Waals surface area contributed by atoms with Gasteiger partial charge in [-0.2, -0.15) is 0 Å². The highest BCUT2D eigenvalue weighted by Gasteiger charge is 2.17. The molecule has 1 amide bonds. The molecule has 18 heavy (non-hydrogen) atoms. The summed E-state index contributed by atoms with van der Waals surface area (Å²) in [5.41, 5.74) is 6.16. The number of hydrogen-bond acceptors (Lipinski definition) is 4. The zero-order valence-corrected chi connectivity index (χ0v) is 10.9. The molecule has 0 aromatic carbocycles. The van der Waals surface area contributed by atoms with Crippen molar-refractivity contribution >= 4 is 29.8 Å². The molecular weight excluding hydrogens is 254 g/mol. The molecule has 3 N–H and O–H groups in total. The molecule has 0 bridgehead atoms. The van der Waals surface area contributed by atoms with Crippen LogP contribution in [-0.4, -0.2) is 24.1 Å². The fourth-order valence-electron chi connectivity index (χ4n) is 1.90. The Morgan fingerprint density at radius 3 is 2.78 bits per heavy atom. The fraction of sp³-hybridized carbons (Fsp3) is 0.500. The maximum atomic E-state index is 11.8. The van der Waals surface area contributed by atoms with Crippen LogP contribution in [0.3, 0.4) is 0 Å². The molecule has 100 valence electrons. The number of rotatable bonds is 3. The van der Waals surface area contributed by atoms with Crippen LogP contribution in [0.2, 0.25) is 0 Å². The Morgan fingerprint density at radius 2 is 2.17 bits per heavy atom. The first-order valence-corrected chi connectivity index (χ1v) is 5.83. The topological polar surface area (TPSA) is 77.2 Å². The van der Waals surface area contributed by atoms with Gasteiger partial charge in [0, 0.05) is 19.6 Å². The molecule has 6 heteroatoms. The monoisotopic (exact) mass is 271 g/mol. The predicted octanol–water partition coefficient (Wildman–Crippen LogP) is 1.84. The van der Waals surface area contributed by atoms with Crippen molar-refractivity contribution in [2.45, 2.75) is 19.3 Å². The van der Waals surface area contributed by atoms with Crippen molar-refractivity contribution in [1.82, 2.24) is 4.98 Å². The van der Waals surface area contributed by atoms with Gasteiger partial charge in [0.05, 0.1) is 11.9 Å². The van der Waals surface area contributed by atoms with E-state index in [-0.39, 0.29) is 18.3 Å². The van der Waals surface area contributed by atoms with Crippen molar-refractivity contribution in [2.24, 2.45) is 5.92 Å². The number of nitrogens with two attached hydrogens (primary N) is 1. The van der Waals surface area contributed by atoms with E-state index < -0.39 is 0 Å². The molecule has 1 aliphatic heterocycles. The van der Waals surface area contributed by atoms with E-state index in [0.29, 0.717) is 23.8 Å². The van der Waals surface area contributed by atoms with Crippen LogP contribution in [0.25, 0.3) is 0 Å². The van der Waals surface area contributed by atoms with Gasteiger partial charge in [-0.3, -0.25) is 4.79 Å². The summed E-state index contributed by atoms with van der Waals surface area (Å²) in [5.74, 6) is 0.918. The van der Waals surface area contributed by atoms with E-state index in [1.807, 2.05) is 0 Å². The molecular formula is C12H18ClN3O2. The van der Waals surface area contributed by atoms with Gasteiger partial charge in [-0.15, -0.1) is 12.4 Å². The Bertz CT molecular complexity index is 377. The third-order valence-electron chi connectivity index (χ3n) is 2.89. The van der Waals surface area contributed by atoms with Gasteiger partial charge in [0.15, 0.2) is 0 Å². The molecule has 0 spiro atoms. The molecule has 1 fully saturated rings. The third kappa shape index (κ3) is 4.50. The highest BCUT2D eigenvalue weighted by Crippen LogP contribution is 2.19. The minimum absolute atomic E-state index is 0. The summed E-state index contributed by atoms with van der Waals surface area (Å²) < 4.78 is 5.26. The number of carbonyl (C=O) groups excluding carboxylic acids is 1. The SMILES string of the molecule is Cl.Nc1ccc(NC(=O)CC2CCOCC2)cn1. The number of carbonyl (C=O) groups is 1. The smallest absolute Gasteiger partial charge is 0.224 e. The highest BCUT2D eigenvalue weighted by molar-refractivity contribution is 5.90. The molecule has 1 aromatic heterocycles. The maximum absolute atomic E-state index is 11.8. The summed E-state index contributed by atoms with van der Waals surface area (Å²) in [6.07, 6.45) is 4.05. The standard InChI is InChI=1S/C12H17N3O2.ClH/c13-11-2-1-10(8-14-11)15-12(16)7-9-3-5-17-6-4-9;/h1-2,8-9H,3-7H2,(H2,13,14)(H,15,16);1H. The van der Waals surface area contributed by atoms with Crippen molar-refractivity contribution in [3.8, 4) is 0 Å².